The molecule has 2 amide bonds. The Bertz CT molecular complexity index is 817. The van der Waals surface area contributed by atoms with Gasteiger partial charge in [0.15, 0.2) is 5.82 Å². The van der Waals surface area contributed by atoms with Crippen LogP contribution in [-0.4, -0.2) is 74.3 Å². The van der Waals surface area contributed by atoms with Gasteiger partial charge in [0.1, 0.15) is 12.3 Å². The van der Waals surface area contributed by atoms with Crippen molar-refractivity contribution in [3.8, 4) is 0 Å². The minimum Gasteiger partial charge on any atom is -0.375 e. The van der Waals surface area contributed by atoms with Crippen LogP contribution in [0.5, 0.6) is 0 Å². The zero-order chi connectivity index (χ0) is 20.1. The second-order valence-corrected chi connectivity index (χ2v) is 6.92. The fourth-order valence-electron chi connectivity index (χ4n) is 3.48. The van der Waals surface area contributed by atoms with Crippen molar-refractivity contribution in [1.82, 2.24) is 29.7 Å². The molecule has 10 nitrogen and oxygen atoms in total. The van der Waals surface area contributed by atoms with Crippen LogP contribution in [0.2, 0.25) is 0 Å². The second-order valence-electron chi connectivity index (χ2n) is 6.92. The molecule has 3 rings (SSSR count). The first kappa shape index (κ1) is 20.0. The summed E-state index contributed by atoms with van der Waals surface area (Å²) in [6, 6.07) is 1.67. The first-order valence-electron chi connectivity index (χ1n) is 9.34. The van der Waals surface area contributed by atoms with Crippen molar-refractivity contribution >= 4 is 11.8 Å². The molecule has 1 aliphatic heterocycles. The van der Waals surface area contributed by atoms with Gasteiger partial charge in [0.2, 0.25) is 5.91 Å². The highest BCUT2D eigenvalue weighted by Gasteiger charge is 2.30. The van der Waals surface area contributed by atoms with E-state index in [-0.39, 0.29) is 24.5 Å². The zero-order valence-electron chi connectivity index (χ0n) is 16.5. The summed E-state index contributed by atoms with van der Waals surface area (Å²) in [4.78, 5) is 32.8. The van der Waals surface area contributed by atoms with Crippen molar-refractivity contribution in [3.05, 3.63) is 29.7 Å². The SMILES string of the molecule is COCc1nc(CCN(C(C)=O)C2CCCN(C(=O)c3ccn(C)n3)C2)no1. The summed E-state index contributed by atoms with van der Waals surface area (Å²) in [5.74, 6) is 0.820. The third kappa shape index (κ3) is 4.75. The number of likely N-dealkylation sites (tertiary alicyclic amines) is 1. The lowest BCUT2D eigenvalue weighted by Gasteiger charge is -2.38. The number of methoxy groups -OCH3 is 1. The molecule has 1 fully saturated rings. The maximum absolute atomic E-state index is 12.7. The predicted octanol–water partition coefficient (Wildman–Crippen LogP) is 0.645. The number of amides is 2. The van der Waals surface area contributed by atoms with E-state index in [1.807, 2.05) is 0 Å². The van der Waals surface area contributed by atoms with Gasteiger partial charge < -0.3 is 19.1 Å². The van der Waals surface area contributed by atoms with Crippen LogP contribution in [0.4, 0.5) is 0 Å². The van der Waals surface area contributed by atoms with Gasteiger partial charge in [-0.2, -0.15) is 10.1 Å². The monoisotopic (exact) mass is 390 g/mol. The van der Waals surface area contributed by atoms with Crippen LogP contribution in [0.1, 0.15) is 42.0 Å². The molecule has 3 heterocycles. The molecule has 0 aliphatic carbocycles. The van der Waals surface area contributed by atoms with Crippen molar-refractivity contribution in [1.29, 1.82) is 0 Å². The topological polar surface area (TPSA) is 107 Å². The number of carbonyl (C=O) groups is 2. The van der Waals surface area contributed by atoms with Gasteiger partial charge in [0, 0.05) is 59.4 Å². The largest absolute Gasteiger partial charge is 0.375 e. The van der Waals surface area contributed by atoms with E-state index in [1.165, 1.54) is 0 Å². The molecule has 1 saturated heterocycles. The average molecular weight is 390 g/mol. The Morgan fingerprint density at radius 1 is 1.43 bits per heavy atom. The van der Waals surface area contributed by atoms with Crippen LogP contribution < -0.4 is 0 Å². The van der Waals surface area contributed by atoms with E-state index >= 15 is 0 Å². The first-order valence-corrected chi connectivity index (χ1v) is 9.34. The Labute approximate surface area is 163 Å². The number of piperidine rings is 1. The van der Waals surface area contributed by atoms with Crippen molar-refractivity contribution in [2.24, 2.45) is 7.05 Å². The Hall–Kier alpha value is -2.75. The summed E-state index contributed by atoms with van der Waals surface area (Å²) in [5.41, 5.74) is 0.426. The normalized spacial score (nSPS) is 17.0. The van der Waals surface area contributed by atoms with E-state index in [0.717, 1.165) is 12.8 Å². The number of nitrogens with zero attached hydrogens (tertiary/aromatic N) is 6. The molecule has 2 aromatic rings. The third-order valence-electron chi connectivity index (χ3n) is 4.82. The maximum atomic E-state index is 12.7. The molecule has 0 N–H and O–H groups in total. The van der Waals surface area contributed by atoms with Crippen LogP contribution >= 0.6 is 0 Å². The number of rotatable bonds is 7. The third-order valence-corrected chi connectivity index (χ3v) is 4.82. The van der Waals surface area contributed by atoms with Crippen LogP contribution in [0.3, 0.4) is 0 Å². The highest BCUT2D eigenvalue weighted by Crippen LogP contribution is 2.18. The number of aryl methyl sites for hydroxylation is 1. The van der Waals surface area contributed by atoms with Crippen molar-refractivity contribution in [2.45, 2.75) is 38.8 Å². The number of ether oxygens (including phenoxy) is 1. The lowest BCUT2D eigenvalue weighted by molar-refractivity contribution is -0.132. The van der Waals surface area contributed by atoms with E-state index in [0.29, 0.717) is 43.5 Å². The summed E-state index contributed by atoms with van der Waals surface area (Å²) in [6.07, 6.45) is 3.93. The molecule has 1 atom stereocenters. The van der Waals surface area contributed by atoms with E-state index < -0.39 is 0 Å². The van der Waals surface area contributed by atoms with Gasteiger partial charge in [-0.05, 0) is 18.9 Å². The summed E-state index contributed by atoms with van der Waals surface area (Å²) < 4.78 is 11.7. The summed E-state index contributed by atoms with van der Waals surface area (Å²) in [7, 11) is 3.34. The molecule has 1 unspecified atom stereocenters. The lowest BCUT2D eigenvalue weighted by atomic mass is 10.0. The Morgan fingerprint density at radius 3 is 2.93 bits per heavy atom. The van der Waals surface area contributed by atoms with E-state index in [9.17, 15) is 9.59 Å². The quantitative estimate of drug-likeness (QED) is 0.683. The predicted molar refractivity (Wildman–Crippen MR) is 98.2 cm³/mol. The molecule has 1 aliphatic rings. The molecule has 2 aromatic heterocycles. The molecular weight excluding hydrogens is 364 g/mol. The molecule has 0 spiro atoms. The average Bonchev–Trinajstić information content (AvgIpc) is 3.31. The Kier molecular flexibility index (Phi) is 6.40. The van der Waals surface area contributed by atoms with E-state index in [1.54, 1.807) is 47.8 Å². The number of aromatic nitrogens is 4. The molecule has 0 aromatic carbocycles. The van der Waals surface area contributed by atoms with Crippen molar-refractivity contribution < 1.29 is 18.8 Å². The highest BCUT2D eigenvalue weighted by atomic mass is 16.5. The van der Waals surface area contributed by atoms with Crippen molar-refractivity contribution in [3.63, 3.8) is 0 Å². The molecule has 152 valence electrons. The van der Waals surface area contributed by atoms with Gasteiger partial charge in [-0.3, -0.25) is 14.3 Å². The Balaban J connectivity index is 1.62. The van der Waals surface area contributed by atoms with Gasteiger partial charge in [-0.15, -0.1) is 0 Å². The molecule has 10 heteroatoms. The molecule has 0 saturated carbocycles. The fraction of sp³-hybridized carbons (Fsp3) is 0.611. The molecular formula is C18H26N6O4. The van der Waals surface area contributed by atoms with Gasteiger partial charge in [0.05, 0.1) is 0 Å². The summed E-state index contributed by atoms with van der Waals surface area (Å²) in [6.45, 7) is 3.44. The van der Waals surface area contributed by atoms with Gasteiger partial charge in [-0.25, -0.2) is 0 Å². The van der Waals surface area contributed by atoms with Crippen LogP contribution in [0.25, 0.3) is 0 Å². The molecule has 0 bridgehead atoms. The van der Waals surface area contributed by atoms with Crippen LogP contribution in [0.15, 0.2) is 16.8 Å². The smallest absolute Gasteiger partial charge is 0.274 e. The maximum Gasteiger partial charge on any atom is 0.274 e. The first-order chi connectivity index (χ1) is 13.5. The molecule has 0 radical (unpaired) electrons. The highest BCUT2D eigenvalue weighted by molar-refractivity contribution is 5.92. The standard InChI is InChI=1S/C18H26N6O4/c1-13(25)24(10-7-16-19-17(12-27-3)28-21-16)14-5-4-8-23(11-14)18(26)15-6-9-22(2)20-15/h6,9,14H,4-5,7-8,10-12H2,1-3H3. The number of hydrogen-bond donors (Lipinski definition) is 0. The van der Waals surface area contributed by atoms with Crippen LogP contribution in [-0.2, 0) is 29.6 Å². The lowest BCUT2D eigenvalue weighted by Crippen LogP contribution is -2.51. The van der Waals surface area contributed by atoms with E-state index in [2.05, 4.69) is 15.2 Å². The molecule has 28 heavy (non-hydrogen) atoms. The van der Waals surface area contributed by atoms with Crippen molar-refractivity contribution in [2.75, 3.05) is 26.7 Å². The Morgan fingerprint density at radius 2 is 2.25 bits per heavy atom. The summed E-state index contributed by atoms with van der Waals surface area (Å²) in [5, 5.41) is 8.11. The van der Waals surface area contributed by atoms with E-state index in [4.69, 9.17) is 9.26 Å². The zero-order valence-corrected chi connectivity index (χ0v) is 16.5. The van der Waals surface area contributed by atoms with Crippen LogP contribution in [0, 0.1) is 0 Å². The minimum absolute atomic E-state index is 0.0299. The van der Waals surface area contributed by atoms with Gasteiger partial charge in [-0.1, -0.05) is 5.16 Å². The second kappa shape index (κ2) is 8.96. The number of carbonyl (C=O) groups excluding carboxylic acids is 2. The number of hydrogen-bond acceptors (Lipinski definition) is 7. The fourth-order valence-corrected chi connectivity index (χ4v) is 3.48. The van der Waals surface area contributed by atoms with Gasteiger partial charge in [0.25, 0.3) is 11.8 Å². The summed E-state index contributed by atoms with van der Waals surface area (Å²) >= 11 is 0. The minimum atomic E-state index is -0.101. The van der Waals surface area contributed by atoms with Gasteiger partial charge >= 0.3 is 0 Å².